The van der Waals surface area contributed by atoms with Crippen molar-refractivity contribution in [1.29, 1.82) is 0 Å². The van der Waals surface area contributed by atoms with Gasteiger partial charge in [0.2, 0.25) is 0 Å². The molecule has 7 nitrogen and oxygen atoms in total. The van der Waals surface area contributed by atoms with Gasteiger partial charge in [-0.3, -0.25) is 0 Å². The second-order valence-corrected chi connectivity index (χ2v) is 17.7. The molecule has 1 aromatic heterocycles. The van der Waals surface area contributed by atoms with Crippen molar-refractivity contribution in [1.82, 2.24) is 14.8 Å². The van der Waals surface area contributed by atoms with E-state index in [-0.39, 0.29) is 43.1 Å². The van der Waals surface area contributed by atoms with E-state index < -0.39 is 61.7 Å². The zero-order valence-corrected chi connectivity index (χ0v) is 26.1. The molecule has 0 saturated carbocycles. The van der Waals surface area contributed by atoms with Crippen molar-refractivity contribution in [3.8, 4) is 0 Å². The van der Waals surface area contributed by atoms with Crippen LogP contribution in [0.15, 0.2) is 54.9 Å². The number of nitrogens with zero attached hydrogens (tertiary/aromatic N) is 3. The van der Waals surface area contributed by atoms with Crippen LogP contribution in [0.5, 0.6) is 0 Å². The van der Waals surface area contributed by atoms with Crippen molar-refractivity contribution < 1.29 is 45.7 Å². The molecule has 2 heterocycles. The van der Waals surface area contributed by atoms with Crippen molar-refractivity contribution in [2.24, 2.45) is 5.92 Å². The van der Waals surface area contributed by atoms with E-state index in [0.29, 0.717) is 12.1 Å². The molecule has 2 aromatic carbocycles. The fraction of sp³-hybridized carbons (Fsp3) is 0.533. The van der Waals surface area contributed by atoms with Crippen molar-refractivity contribution >= 4 is 8.07 Å². The lowest BCUT2D eigenvalue weighted by atomic mass is 9.77. The molecule has 1 N–H and O–H groups in total. The maximum absolute atomic E-state index is 13.5. The van der Waals surface area contributed by atoms with Gasteiger partial charge in [-0.25, -0.2) is 9.67 Å². The highest BCUT2D eigenvalue weighted by Gasteiger charge is 2.43. The van der Waals surface area contributed by atoms with Gasteiger partial charge in [0.15, 0.2) is 5.82 Å². The Morgan fingerprint density at radius 3 is 2.16 bits per heavy atom. The summed E-state index contributed by atoms with van der Waals surface area (Å²) in [4.78, 5) is 4.28. The smallest absolute Gasteiger partial charge is 0.385 e. The Kier molecular flexibility index (Phi) is 10.3. The summed E-state index contributed by atoms with van der Waals surface area (Å²) in [5.74, 6) is -1.07. The van der Waals surface area contributed by atoms with Crippen LogP contribution in [0.4, 0.5) is 26.3 Å². The third kappa shape index (κ3) is 8.27. The zero-order chi connectivity index (χ0) is 32.4. The predicted molar refractivity (Wildman–Crippen MR) is 152 cm³/mol. The SMILES string of the molecule is CC(OCn1cnc(C(O)[C@@H]2COC[C@H](O[C@H](C)c3cc(C(F)(F)F)cc(C(F)(F)F)c3)[C@H]2c2ccccc2)n1)[Si](C)(C)C. The van der Waals surface area contributed by atoms with Crippen molar-refractivity contribution in [3.05, 3.63) is 82.9 Å². The van der Waals surface area contributed by atoms with Crippen molar-refractivity contribution in [3.63, 3.8) is 0 Å². The topological polar surface area (TPSA) is 78.6 Å². The van der Waals surface area contributed by atoms with Gasteiger partial charge in [-0.1, -0.05) is 50.0 Å². The van der Waals surface area contributed by atoms with Crippen LogP contribution in [-0.2, 0) is 33.3 Å². The molecule has 1 aliphatic heterocycles. The molecule has 1 saturated heterocycles. The Morgan fingerprint density at radius 1 is 0.977 bits per heavy atom. The standard InChI is InChI=1S/C30H37F6N3O4Si/c1-18(21-11-22(29(31,32)33)13-23(12-21)30(34,35)36)43-25-15-41-14-24(26(25)20-9-7-6-8-10-20)27(40)28-37-16-39(38-28)17-42-19(2)44(3,4)5/h6-13,16,18-19,24-27,40H,14-15,17H2,1-5H3/t18-,19?,24-,25+,26+,27?/m1/s1. The first kappa shape index (κ1) is 34.1. The molecule has 4 rings (SSSR count). The van der Waals surface area contributed by atoms with Crippen LogP contribution in [0.2, 0.25) is 19.6 Å². The summed E-state index contributed by atoms with van der Waals surface area (Å²) in [6, 6.07) is 10.4. The summed E-state index contributed by atoms with van der Waals surface area (Å²) in [7, 11) is -1.55. The summed E-state index contributed by atoms with van der Waals surface area (Å²) < 4.78 is 100. The maximum Gasteiger partial charge on any atom is 0.416 e. The van der Waals surface area contributed by atoms with E-state index in [1.165, 1.54) is 17.9 Å². The Hall–Kier alpha value is -2.78. The van der Waals surface area contributed by atoms with Gasteiger partial charge >= 0.3 is 12.4 Å². The predicted octanol–water partition coefficient (Wildman–Crippen LogP) is 7.17. The number of alkyl halides is 6. The van der Waals surface area contributed by atoms with Crippen LogP contribution in [0.1, 0.15) is 60.1 Å². The van der Waals surface area contributed by atoms with Crippen LogP contribution in [0, 0.1) is 5.92 Å². The van der Waals surface area contributed by atoms with E-state index in [9.17, 15) is 31.4 Å². The molecule has 0 amide bonds. The largest absolute Gasteiger partial charge is 0.416 e. The van der Waals surface area contributed by atoms with E-state index in [0.717, 1.165) is 5.56 Å². The van der Waals surface area contributed by atoms with Gasteiger partial charge in [0, 0.05) is 17.6 Å². The van der Waals surface area contributed by atoms with Crippen LogP contribution in [-0.4, -0.2) is 53.0 Å². The van der Waals surface area contributed by atoms with E-state index >= 15 is 0 Å². The van der Waals surface area contributed by atoms with E-state index in [1.807, 2.05) is 19.1 Å². The first-order valence-corrected chi connectivity index (χ1v) is 17.8. The van der Waals surface area contributed by atoms with Gasteiger partial charge in [0.05, 0.1) is 44.6 Å². The zero-order valence-electron chi connectivity index (χ0n) is 25.1. The normalized spacial score (nSPS) is 22.0. The van der Waals surface area contributed by atoms with Crippen LogP contribution >= 0.6 is 0 Å². The van der Waals surface area contributed by atoms with Crippen LogP contribution in [0.25, 0.3) is 0 Å². The summed E-state index contributed by atoms with van der Waals surface area (Å²) in [5, 5.41) is 15.9. The van der Waals surface area contributed by atoms with E-state index in [1.54, 1.807) is 18.2 Å². The van der Waals surface area contributed by atoms with Crippen molar-refractivity contribution in [2.75, 3.05) is 13.2 Å². The quantitative estimate of drug-likeness (QED) is 0.186. The first-order chi connectivity index (χ1) is 20.4. The fourth-order valence-corrected chi connectivity index (χ4v) is 5.62. The number of aromatic nitrogens is 3. The molecule has 3 aromatic rings. The highest BCUT2D eigenvalue weighted by atomic mass is 28.3. The number of benzene rings is 2. The highest BCUT2D eigenvalue weighted by molar-refractivity contribution is 6.77. The average molecular weight is 646 g/mol. The molecule has 2 unspecified atom stereocenters. The second kappa shape index (κ2) is 13.3. The third-order valence-electron chi connectivity index (χ3n) is 8.00. The lowest BCUT2D eigenvalue weighted by Crippen LogP contribution is -2.43. The number of rotatable bonds is 10. The van der Waals surface area contributed by atoms with Gasteiger partial charge in [0.25, 0.3) is 0 Å². The molecule has 6 atom stereocenters. The molecule has 0 spiro atoms. The Bertz CT molecular complexity index is 1350. The van der Waals surface area contributed by atoms with Crippen LogP contribution in [0.3, 0.4) is 0 Å². The minimum atomic E-state index is -4.99. The molecule has 0 aliphatic carbocycles. The second-order valence-electron chi connectivity index (χ2n) is 12.2. The summed E-state index contributed by atoms with van der Waals surface area (Å²) >= 11 is 0. The number of hydrogen-bond donors (Lipinski definition) is 1. The van der Waals surface area contributed by atoms with E-state index in [4.69, 9.17) is 14.2 Å². The fourth-order valence-electron chi connectivity index (χ4n) is 5.04. The number of hydrogen-bond acceptors (Lipinski definition) is 6. The third-order valence-corrected chi connectivity index (χ3v) is 10.6. The number of ether oxygens (including phenoxy) is 3. The molecule has 0 radical (unpaired) electrons. The Balaban J connectivity index is 1.60. The van der Waals surface area contributed by atoms with E-state index in [2.05, 4.69) is 29.7 Å². The van der Waals surface area contributed by atoms with Gasteiger partial charge in [-0.2, -0.15) is 31.4 Å². The first-order valence-electron chi connectivity index (χ1n) is 14.2. The lowest BCUT2D eigenvalue weighted by molar-refractivity contribution is -0.144. The lowest BCUT2D eigenvalue weighted by Gasteiger charge is -2.41. The molecule has 14 heteroatoms. The molecular formula is C30H37F6N3O4Si. The minimum Gasteiger partial charge on any atom is -0.385 e. The molecule has 242 valence electrons. The van der Waals surface area contributed by atoms with Crippen LogP contribution < -0.4 is 0 Å². The summed E-state index contributed by atoms with van der Waals surface area (Å²) in [6.45, 7) is 10.2. The molecule has 44 heavy (non-hydrogen) atoms. The summed E-state index contributed by atoms with van der Waals surface area (Å²) in [5.41, 5.74) is -2.32. The van der Waals surface area contributed by atoms with Crippen molar-refractivity contribution in [2.45, 2.75) is 82.5 Å². The average Bonchev–Trinajstić information content (AvgIpc) is 3.43. The minimum absolute atomic E-state index is 0.00248. The Morgan fingerprint density at radius 2 is 1.59 bits per heavy atom. The summed E-state index contributed by atoms with van der Waals surface area (Å²) in [6.07, 6.45) is -11.7. The van der Waals surface area contributed by atoms with Gasteiger partial charge in [-0.05, 0) is 43.2 Å². The highest BCUT2D eigenvalue weighted by Crippen LogP contribution is 2.43. The maximum atomic E-state index is 13.5. The number of halogens is 6. The monoisotopic (exact) mass is 645 g/mol. The molecule has 1 fully saturated rings. The number of aliphatic hydroxyl groups is 1. The molecule has 1 aliphatic rings. The van der Waals surface area contributed by atoms with Gasteiger partial charge in [0.1, 0.15) is 19.2 Å². The number of aliphatic hydroxyl groups excluding tert-OH is 1. The Labute approximate surface area is 253 Å². The van der Waals surface area contributed by atoms with Gasteiger partial charge < -0.3 is 19.3 Å². The molecular weight excluding hydrogens is 608 g/mol. The van der Waals surface area contributed by atoms with Gasteiger partial charge in [-0.15, -0.1) is 0 Å². The molecule has 0 bridgehead atoms.